The first-order valence-corrected chi connectivity index (χ1v) is 10.2. The molecule has 1 N–H and O–H groups in total. The van der Waals surface area contributed by atoms with Gasteiger partial charge in [-0.1, -0.05) is 29.8 Å². The maximum absolute atomic E-state index is 12.4. The number of carbonyl (C=O) groups excluding carboxylic acids is 4. The summed E-state index contributed by atoms with van der Waals surface area (Å²) in [5.41, 5.74) is 1.72. The quantitative estimate of drug-likeness (QED) is 0.506. The van der Waals surface area contributed by atoms with Gasteiger partial charge in [0.05, 0.1) is 13.0 Å². The third-order valence-corrected chi connectivity index (χ3v) is 5.01. The summed E-state index contributed by atoms with van der Waals surface area (Å²) in [6, 6.07) is 7.36. The number of carbonyl (C=O) groups is 4. The molecule has 1 aliphatic heterocycles. The molecule has 29 heavy (non-hydrogen) atoms. The van der Waals surface area contributed by atoms with E-state index in [1.807, 2.05) is 19.1 Å². The number of esters is 1. The lowest BCUT2D eigenvalue weighted by molar-refractivity contribution is -0.144. The number of Topliss-reactive ketones (excluding diaryl/α,β-unsaturated/α-hetero) is 1. The van der Waals surface area contributed by atoms with Crippen LogP contribution in [0.1, 0.15) is 61.4 Å². The van der Waals surface area contributed by atoms with Crippen LogP contribution in [0.3, 0.4) is 0 Å². The normalized spacial score (nSPS) is 14.3. The van der Waals surface area contributed by atoms with Crippen molar-refractivity contribution in [1.29, 1.82) is 0 Å². The van der Waals surface area contributed by atoms with E-state index in [2.05, 4.69) is 5.32 Å². The number of likely N-dealkylation sites (tertiary alicyclic amines) is 1. The minimum absolute atomic E-state index is 0.00272. The van der Waals surface area contributed by atoms with Gasteiger partial charge in [0, 0.05) is 44.0 Å². The van der Waals surface area contributed by atoms with Crippen LogP contribution in [0.5, 0.6) is 0 Å². The molecule has 1 saturated heterocycles. The molecule has 0 spiro atoms. The number of ketones is 1. The predicted octanol–water partition coefficient (Wildman–Crippen LogP) is 2.41. The van der Waals surface area contributed by atoms with E-state index in [1.165, 1.54) is 0 Å². The van der Waals surface area contributed by atoms with Crippen molar-refractivity contribution in [3.8, 4) is 0 Å². The predicted molar refractivity (Wildman–Crippen MR) is 108 cm³/mol. The fraction of sp³-hybridized carbons (Fsp3) is 0.545. The summed E-state index contributed by atoms with van der Waals surface area (Å²) < 4.78 is 4.81. The molecule has 0 aliphatic carbocycles. The van der Waals surface area contributed by atoms with Crippen molar-refractivity contribution in [2.75, 3.05) is 19.7 Å². The van der Waals surface area contributed by atoms with Crippen molar-refractivity contribution < 1.29 is 23.9 Å². The van der Waals surface area contributed by atoms with E-state index in [0.717, 1.165) is 5.56 Å². The first-order chi connectivity index (χ1) is 13.9. The maximum Gasteiger partial charge on any atom is 0.306 e. The minimum atomic E-state index is -0.372. The molecule has 1 aromatic rings. The molecule has 158 valence electrons. The van der Waals surface area contributed by atoms with E-state index in [4.69, 9.17) is 4.74 Å². The van der Waals surface area contributed by atoms with Gasteiger partial charge in [-0.15, -0.1) is 0 Å². The summed E-state index contributed by atoms with van der Waals surface area (Å²) in [6.45, 7) is 5.11. The number of benzene rings is 1. The lowest BCUT2D eigenvalue weighted by Crippen LogP contribution is -2.46. The molecule has 0 bridgehead atoms. The van der Waals surface area contributed by atoms with Gasteiger partial charge in [-0.25, -0.2) is 0 Å². The van der Waals surface area contributed by atoms with Crippen LogP contribution >= 0.6 is 0 Å². The van der Waals surface area contributed by atoms with Gasteiger partial charge in [0.25, 0.3) is 0 Å². The molecule has 0 aromatic heterocycles. The molecule has 1 fully saturated rings. The van der Waals surface area contributed by atoms with Gasteiger partial charge in [-0.2, -0.15) is 0 Å². The van der Waals surface area contributed by atoms with E-state index >= 15 is 0 Å². The average Bonchev–Trinajstić information content (AvgIpc) is 2.71. The lowest BCUT2D eigenvalue weighted by Gasteiger charge is -2.32. The number of nitrogens with zero attached hydrogens (tertiary/aromatic N) is 1. The highest BCUT2D eigenvalue weighted by molar-refractivity contribution is 5.98. The van der Waals surface area contributed by atoms with Crippen LogP contribution in [0.2, 0.25) is 0 Å². The van der Waals surface area contributed by atoms with E-state index in [1.54, 1.807) is 24.0 Å². The van der Waals surface area contributed by atoms with Crippen LogP contribution in [-0.2, 0) is 19.1 Å². The summed E-state index contributed by atoms with van der Waals surface area (Å²) in [7, 11) is 0. The molecular formula is C22H30N2O5. The highest BCUT2D eigenvalue weighted by atomic mass is 16.5. The van der Waals surface area contributed by atoms with E-state index < -0.39 is 0 Å². The van der Waals surface area contributed by atoms with E-state index in [-0.39, 0.29) is 55.3 Å². The van der Waals surface area contributed by atoms with Crippen LogP contribution < -0.4 is 5.32 Å². The van der Waals surface area contributed by atoms with Crippen LogP contribution in [0, 0.1) is 6.92 Å². The third kappa shape index (κ3) is 7.68. The van der Waals surface area contributed by atoms with Crippen molar-refractivity contribution in [2.45, 2.75) is 58.4 Å². The Morgan fingerprint density at radius 2 is 1.66 bits per heavy atom. The van der Waals surface area contributed by atoms with Crippen molar-refractivity contribution in [2.24, 2.45) is 0 Å². The smallest absolute Gasteiger partial charge is 0.306 e. The first kappa shape index (κ1) is 22.6. The molecule has 2 amide bonds. The molecule has 0 atom stereocenters. The molecule has 2 rings (SSSR count). The van der Waals surface area contributed by atoms with Crippen molar-refractivity contribution in [1.82, 2.24) is 10.2 Å². The van der Waals surface area contributed by atoms with Crippen molar-refractivity contribution >= 4 is 23.6 Å². The minimum Gasteiger partial charge on any atom is -0.466 e. The highest BCUT2D eigenvalue weighted by Crippen LogP contribution is 2.14. The van der Waals surface area contributed by atoms with E-state index in [0.29, 0.717) is 38.1 Å². The number of hydrogen-bond donors (Lipinski definition) is 1. The molecule has 1 aliphatic rings. The summed E-state index contributed by atoms with van der Waals surface area (Å²) in [5, 5.41) is 2.91. The molecule has 7 heteroatoms. The summed E-state index contributed by atoms with van der Waals surface area (Å²) in [6.07, 6.45) is 1.92. The Labute approximate surface area is 171 Å². The molecular weight excluding hydrogens is 372 g/mol. The van der Waals surface area contributed by atoms with Gasteiger partial charge < -0.3 is 15.0 Å². The zero-order valence-corrected chi connectivity index (χ0v) is 17.2. The lowest BCUT2D eigenvalue weighted by atomic mass is 10.0. The Kier molecular flexibility index (Phi) is 8.83. The number of hydrogen-bond acceptors (Lipinski definition) is 5. The monoisotopic (exact) mass is 402 g/mol. The second-order valence-corrected chi connectivity index (χ2v) is 7.32. The summed E-state index contributed by atoms with van der Waals surface area (Å²) in [5.74, 6) is -0.602. The van der Waals surface area contributed by atoms with Gasteiger partial charge in [-0.05, 0) is 26.7 Å². The first-order valence-electron chi connectivity index (χ1n) is 10.2. The Hall–Kier alpha value is -2.70. The zero-order chi connectivity index (χ0) is 21.2. The average molecular weight is 402 g/mol. The fourth-order valence-corrected chi connectivity index (χ4v) is 3.28. The van der Waals surface area contributed by atoms with Gasteiger partial charge in [0.2, 0.25) is 11.8 Å². The van der Waals surface area contributed by atoms with Gasteiger partial charge >= 0.3 is 5.97 Å². The zero-order valence-electron chi connectivity index (χ0n) is 17.2. The highest BCUT2D eigenvalue weighted by Gasteiger charge is 2.24. The summed E-state index contributed by atoms with van der Waals surface area (Å²) in [4.78, 5) is 49.6. The Balaban J connectivity index is 1.67. The van der Waals surface area contributed by atoms with E-state index in [9.17, 15) is 19.2 Å². The second-order valence-electron chi connectivity index (χ2n) is 7.32. The second kappa shape index (κ2) is 11.3. The third-order valence-electron chi connectivity index (χ3n) is 5.01. The number of nitrogens with one attached hydrogen (secondary N) is 1. The van der Waals surface area contributed by atoms with Gasteiger partial charge in [0.15, 0.2) is 5.78 Å². The van der Waals surface area contributed by atoms with Crippen LogP contribution in [-0.4, -0.2) is 54.2 Å². The standard InChI is InChI=1S/C22H30N2O5/c1-3-29-22(28)11-9-20(26)23-18-12-14-24(15-13-18)21(27)10-8-19(25)17-6-4-16(2)5-7-17/h4-7,18H,3,8-15H2,1-2H3,(H,23,26). The van der Waals surface area contributed by atoms with Gasteiger partial charge in [0.1, 0.15) is 0 Å². The number of piperidine rings is 1. The van der Waals surface area contributed by atoms with Crippen LogP contribution in [0.4, 0.5) is 0 Å². The molecule has 7 nitrogen and oxygen atoms in total. The van der Waals surface area contributed by atoms with Crippen molar-refractivity contribution in [3.63, 3.8) is 0 Å². The maximum atomic E-state index is 12.4. The summed E-state index contributed by atoms with van der Waals surface area (Å²) >= 11 is 0. The molecule has 1 aromatic carbocycles. The topological polar surface area (TPSA) is 92.8 Å². The van der Waals surface area contributed by atoms with Crippen molar-refractivity contribution in [3.05, 3.63) is 35.4 Å². The Bertz CT molecular complexity index is 721. The van der Waals surface area contributed by atoms with Gasteiger partial charge in [-0.3, -0.25) is 19.2 Å². The van der Waals surface area contributed by atoms with Crippen LogP contribution in [0.25, 0.3) is 0 Å². The molecule has 0 unspecified atom stereocenters. The molecule has 0 radical (unpaired) electrons. The number of aryl methyl sites for hydroxylation is 1. The largest absolute Gasteiger partial charge is 0.466 e. The number of amides is 2. The van der Waals surface area contributed by atoms with Crippen LogP contribution in [0.15, 0.2) is 24.3 Å². The molecule has 1 heterocycles. The SMILES string of the molecule is CCOC(=O)CCC(=O)NC1CCN(C(=O)CCC(=O)c2ccc(C)cc2)CC1. The Morgan fingerprint density at radius 1 is 1.00 bits per heavy atom. The molecule has 0 saturated carbocycles. The Morgan fingerprint density at radius 3 is 2.28 bits per heavy atom. The number of ether oxygens (including phenoxy) is 1. The fourth-order valence-electron chi connectivity index (χ4n) is 3.28. The number of rotatable bonds is 9.